The molecule has 2 heterocycles. The zero-order valence-electron chi connectivity index (χ0n) is 12.9. The Morgan fingerprint density at radius 1 is 1.19 bits per heavy atom. The van der Waals surface area contributed by atoms with Crippen LogP contribution in [0.5, 0.6) is 0 Å². The van der Waals surface area contributed by atoms with Crippen LogP contribution in [-0.4, -0.2) is 58.2 Å². The first kappa shape index (κ1) is 15.7. The summed E-state index contributed by atoms with van der Waals surface area (Å²) in [5.74, 6) is -0.0731. The predicted octanol–water partition coefficient (Wildman–Crippen LogP) is 0.821. The maximum Gasteiger partial charge on any atom is 0.274 e. The zero-order valence-corrected chi connectivity index (χ0v) is 12.9. The van der Waals surface area contributed by atoms with Gasteiger partial charge in [0.25, 0.3) is 11.5 Å². The lowest BCUT2D eigenvalue weighted by molar-refractivity contribution is 0.0634. The van der Waals surface area contributed by atoms with E-state index in [4.69, 9.17) is 0 Å². The van der Waals surface area contributed by atoms with Gasteiger partial charge in [-0.3, -0.25) is 9.59 Å². The Morgan fingerprint density at radius 3 is 2.52 bits per heavy atom. The first-order valence-corrected chi connectivity index (χ1v) is 7.75. The van der Waals surface area contributed by atoms with Crippen LogP contribution >= 0.6 is 0 Å². The molecule has 1 saturated heterocycles. The number of carbonyl (C=O) groups is 1. The summed E-state index contributed by atoms with van der Waals surface area (Å²) in [6.45, 7) is 9.03. The van der Waals surface area contributed by atoms with E-state index in [-0.39, 0.29) is 11.5 Å². The summed E-state index contributed by atoms with van der Waals surface area (Å²) in [6.07, 6.45) is 1.88. The van der Waals surface area contributed by atoms with Crippen LogP contribution in [0, 0.1) is 0 Å². The molecule has 0 radical (unpaired) electrons. The number of aryl methyl sites for hydroxylation is 1. The van der Waals surface area contributed by atoms with E-state index in [0.29, 0.717) is 12.2 Å². The summed E-state index contributed by atoms with van der Waals surface area (Å²) in [5, 5.41) is 4.22. The minimum absolute atomic E-state index is 0.0731. The lowest BCUT2D eigenvalue weighted by atomic mass is 10.2. The molecule has 2 rings (SSSR count). The zero-order chi connectivity index (χ0) is 15.2. The number of nitrogens with zero attached hydrogens (tertiary/aromatic N) is 4. The Bertz CT molecular complexity index is 533. The standard InChI is InChI=1S/C15H24N4O2/c1-3-5-8-19-14(20)7-6-13(16-19)15(21)18-11-9-17(4-2)10-12-18/h6-7H,3-5,8-12H2,1-2H3. The summed E-state index contributed by atoms with van der Waals surface area (Å²) in [5.41, 5.74) is 0.228. The lowest BCUT2D eigenvalue weighted by Crippen LogP contribution is -2.48. The molecule has 0 unspecified atom stereocenters. The van der Waals surface area contributed by atoms with E-state index in [1.54, 1.807) is 6.07 Å². The summed E-state index contributed by atoms with van der Waals surface area (Å²) < 4.78 is 1.40. The van der Waals surface area contributed by atoms with Gasteiger partial charge in [-0.05, 0) is 19.0 Å². The van der Waals surface area contributed by atoms with Gasteiger partial charge >= 0.3 is 0 Å². The normalized spacial score (nSPS) is 16.2. The highest BCUT2D eigenvalue weighted by molar-refractivity contribution is 5.92. The van der Waals surface area contributed by atoms with Crippen molar-refractivity contribution in [2.45, 2.75) is 33.2 Å². The molecule has 21 heavy (non-hydrogen) atoms. The number of aromatic nitrogens is 2. The van der Waals surface area contributed by atoms with Gasteiger partial charge in [-0.2, -0.15) is 5.10 Å². The second-order valence-corrected chi connectivity index (χ2v) is 5.36. The summed E-state index contributed by atoms with van der Waals surface area (Å²) in [7, 11) is 0. The Kier molecular flexibility index (Phi) is 5.50. The van der Waals surface area contributed by atoms with Crippen LogP contribution in [0.15, 0.2) is 16.9 Å². The summed E-state index contributed by atoms with van der Waals surface area (Å²) >= 11 is 0. The van der Waals surface area contributed by atoms with Crippen molar-refractivity contribution in [3.63, 3.8) is 0 Å². The van der Waals surface area contributed by atoms with Crippen molar-refractivity contribution in [1.29, 1.82) is 0 Å². The van der Waals surface area contributed by atoms with Gasteiger partial charge < -0.3 is 9.80 Å². The van der Waals surface area contributed by atoms with E-state index in [9.17, 15) is 9.59 Å². The maximum atomic E-state index is 12.5. The van der Waals surface area contributed by atoms with Crippen LogP contribution < -0.4 is 5.56 Å². The van der Waals surface area contributed by atoms with Crippen molar-refractivity contribution in [3.8, 4) is 0 Å². The van der Waals surface area contributed by atoms with Crippen LogP contribution in [0.25, 0.3) is 0 Å². The smallest absolute Gasteiger partial charge is 0.274 e. The molecular formula is C15H24N4O2. The SMILES string of the molecule is CCCCn1nc(C(=O)N2CCN(CC)CC2)ccc1=O. The van der Waals surface area contributed by atoms with Gasteiger partial charge in [-0.15, -0.1) is 0 Å². The van der Waals surface area contributed by atoms with E-state index >= 15 is 0 Å². The van der Waals surface area contributed by atoms with E-state index in [0.717, 1.165) is 45.6 Å². The van der Waals surface area contributed by atoms with Crippen molar-refractivity contribution in [3.05, 3.63) is 28.2 Å². The van der Waals surface area contributed by atoms with Crippen molar-refractivity contribution < 1.29 is 4.79 Å². The second-order valence-electron chi connectivity index (χ2n) is 5.36. The molecule has 0 N–H and O–H groups in total. The first-order chi connectivity index (χ1) is 10.2. The van der Waals surface area contributed by atoms with Gasteiger partial charge in [0.05, 0.1) is 0 Å². The Balaban J connectivity index is 2.07. The Labute approximate surface area is 125 Å². The van der Waals surface area contributed by atoms with Crippen molar-refractivity contribution in [2.75, 3.05) is 32.7 Å². The number of hydrogen-bond acceptors (Lipinski definition) is 4. The van der Waals surface area contributed by atoms with Gasteiger partial charge in [0, 0.05) is 38.8 Å². The van der Waals surface area contributed by atoms with E-state index < -0.39 is 0 Å². The van der Waals surface area contributed by atoms with Crippen molar-refractivity contribution in [1.82, 2.24) is 19.6 Å². The number of piperazine rings is 1. The average molecular weight is 292 g/mol. The third kappa shape index (κ3) is 3.91. The Morgan fingerprint density at radius 2 is 1.90 bits per heavy atom. The minimum Gasteiger partial charge on any atom is -0.335 e. The highest BCUT2D eigenvalue weighted by Crippen LogP contribution is 2.06. The van der Waals surface area contributed by atoms with Crippen LogP contribution in [0.1, 0.15) is 37.2 Å². The summed E-state index contributed by atoms with van der Waals surface area (Å²) in [4.78, 5) is 28.3. The molecule has 0 aliphatic carbocycles. The monoisotopic (exact) mass is 292 g/mol. The molecule has 1 fully saturated rings. The van der Waals surface area contributed by atoms with E-state index in [1.807, 2.05) is 4.90 Å². The van der Waals surface area contributed by atoms with Gasteiger partial charge in [-0.25, -0.2) is 4.68 Å². The maximum absolute atomic E-state index is 12.5. The molecule has 0 spiro atoms. The third-order valence-corrected chi connectivity index (χ3v) is 3.92. The van der Waals surface area contributed by atoms with Gasteiger partial charge in [0.1, 0.15) is 5.69 Å². The molecule has 1 amide bonds. The van der Waals surface area contributed by atoms with Crippen molar-refractivity contribution >= 4 is 5.91 Å². The largest absolute Gasteiger partial charge is 0.335 e. The van der Waals surface area contributed by atoms with Crippen LogP contribution in [-0.2, 0) is 6.54 Å². The number of amides is 1. The van der Waals surface area contributed by atoms with Crippen LogP contribution in [0.4, 0.5) is 0 Å². The fraction of sp³-hybridized carbons (Fsp3) is 0.667. The molecule has 1 aliphatic rings. The van der Waals surface area contributed by atoms with Gasteiger partial charge in [-0.1, -0.05) is 20.3 Å². The fourth-order valence-electron chi connectivity index (χ4n) is 2.46. The molecule has 6 heteroatoms. The molecule has 0 saturated carbocycles. The van der Waals surface area contributed by atoms with Gasteiger partial charge in [0.2, 0.25) is 0 Å². The van der Waals surface area contributed by atoms with E-state index in [2.05, 4.69) is 23.8 Å². The molecule has 1 aromatic rings. The second kappa shape index (κ2) is 7.36. The fourth-order valence-corrected chi connectivity index (χ4v) is 2.46. The number of carbonyl (C=O) groups excluding carboxylic acids is 1. The average Bonchev–Trinajstić information content (AvgIpc) is 2.53. The molecule has 0 atom stereocenters. The molecular weight excluding hydrogens is 268 g/mol. The molecule has 0 bridgehead atoms. The number of hydrogen-bond donors (Lipinski definition) is 0. The molecule has 6 nitrogen and oxygen atoms in total. The van der Waals surface area contributed by atoms with Crippen LogP contribution in [0.2, 0.25) is 0 Å². The number of unbranched alkanes of at least 4 members (excludes halogenated alkanes) is 1. The highest BCUT2D eigenvalue weighted by Gasteiger charge is 2.22. The molecule has 0 aromatic carbocycles. The third-order valence-electron chi connectivity index (χ3n) is 3.92. The minimum atomic E-state index is -0.143. The number of rotatable bonds is 5. The topological polar surface area (TPSA) is 58.4 Å². The molecule has 116 valence electrons. The van der Waals surface area contributed by atoms with Crippen molar-refractivity contribution in [2.24, 2.45) is 0 Å². The lowest BCUT2D eigenvalue weighted by Gasteiger charge is -2.33. The van der Waals surface area contributed by atoms with E-state index in [1.165, 1.54) is 10.7 Å². The van der Waals surface area contributed by atoms with Crippen LogP contribution in [0.3, 0.4) is 0 Å². The van der Waals surface area contributed by atoms with Gasteiger partial charge in [0.15, 0.2) is 0 Å². The Hall–Kier alpha value is -1.69. The number of likely N-dealkylation sites (N-methyl/N-ethyl adjacent to an activating group) is 1. The molecule has 1 aliphatic heterocycles. The first-order valence-electron chi connectivity index (χ1n) is 7.75. The quantitative estimate of drug-likeness (QED) is 0.806. The molecule has 1 aromatic heterocycles. The highest BCUT2D eigenvalue weighted by atomic mass is 16.2. The predicted molar refractivity (Wildman–Crippen MR) is 81.4 cm³/mol. The summed E-state index contributed by atoms with van der Waals surface area (Å²) in [6, 6.07) is 2.98.